The molecular weight excluding hydrogens is 2040 g/mol. The number of carbonyl (C=O) groups excluding carboxylic acids is 8. The third kappa shape index (κ3) is 26.0. The Morgan fingerprint density at radius 1 is 0.397 bits per heavy atom. The molecule has 6 aliphatic heterocycles. The number of nitrogens with one attached hydrogen (secondary N) is 2. The number of pyridine rings is 4. The van der Waals surface area contributed by atoms with Gasteiger partial charge in [0, 0.05) is 127 Å². The average molecular weight is 2140 g/mol. The third-order valence-electron chi connectivity index (χ3n) is 22.8. The van der Waals surface area contributed by atoms with Crippen molar-refractivity contribution >= 4 is 214 Å². The van der Waals surface area contributed by atoms with Crippen LogP contribution in [0.4, 0.5) is 43.1 Å². The molecule has 10 aromatic rings. The molecule has 10 heterocycles. The van der Waals surface area contributed by atoms with Crippen LogP contribution in [0.1, 0.15) is 92.6 Å². The van der Waals surface area contributed by atoms with E-state index in [0.717, 1.165) is 38.5 Å². The molecule has 44 heteroatoms. The van der Waals surface area contributed by atoms with E-state index in [1.807, 2.05) is 73.3 Å². The van der Waals surface area contributed by atoms with Crippen LogP contribution in [-0.2, 0) is 23.2 Å². The fourth-order valence-electron chi connectivity index (χ4n) is 17.1. The summed E-state index contributed by atoms with van der Waals surface area (Å²) < 4.78 is 14.6. The number of rotatable bonds is 16. The molecule has 736 valence electrons. The maximum absolute atomic E-state index is 14.4. The molecule has 0 saturated carbocycles. The van der Waals surface area contributed by atoms with Gasteiger partial charge in [-0.15, -0.1) is 0 Å². The van der Waals surface area contributed by atoms with Crippen molar-refractivity contribution in [3.05, 3.63) is 297 Å². The SMILES string of the molecule is CN1C(=O)N(c2cc(Cl)cc(Cl)c2)C(=O)[C@]12CN(c1ccc(C(=O)O)cn1)C[C@H]2c1ccc(C#N)cc1.CN1C(=O)N(c2cc(Cl)cc(Cl)c2)C(=O)[C@]12CN(c1ccc(C(=O)O[Si](C)(C)C)cn1)C[C@H]2c1ccc(C#N)cc1.CN1C(=O)N(c2cc(Cl)cc(Cl)c2)C(=O)[C@]12CNC[C@H]2c1ccc(C#N)cc1.CO.C[Si](C)(C)N[Si](C)(C)C.C[Si](C)(C)OC(=O)c1ccc(Cl)nc1.O=C(O)c1ccc(Cl)nc1. The number of aromatic carboxylic acids is 2. The molecule has 0 aliphatic carbocycles. The highest BCUT2D eigenvalue weighted by atomic mass is 35.5. The highest BCUT2D eigenvalue weighted by Gasteiger charge is 2.67. The Kier molecular flexibility index (Phi) is 36.0. The Morgan fingerprint density at radius 3 is 0.936 bits per heavy atom. The minimum atomic E-state index is -2.09. The number of aliphatic hydroxyl groups excluding tert-OH is 1. The van der Waals surface area contributed by atoms with Crippen LogP contribution in [0.2, 0.25) is 119 Å². The first-order chi connectivity index (χ1) is 66.2. The largest absolute Gasteiger partial charge is 0.516 e. The maximum atomic E-state index is 14.4. The summed E-state index contributed by atoms with van der Waals surface area (Å²) in [5.41, 5.74) is 2.13. The van der Waals surface area contributed by atoms with Gasteiger partial charge in [-0.2, -0.15) is 15.8 Å². The van der Waals surface area contributed by atoms with E-state index in [2.05, 4.69) is 87.4 Å². The standard InChI is InChI=1S/C29H27Cl2N5O4Si.C26H19Cl2N5O4.C20H16Cl2N4O2.C9H12ClNO2Si.C6H4ClNO2.C6H19NSi2.CH4O/c1-34-28(39)36(23-12-21(30)11-22(31)13-23)27(38)29(34)17-35(16-24(29)19-7-5-18(14-32)6-8-19)25-10-9-20(15-33-25)26(37)40-41(2,3)4;1-31-25(37)33(20-9-18(27)8-19(28)10-20)24(36)26(31)14-32(22-7-6-17(12-30-22)23(34)35)13-21(26)16-4-2-15(11-29)3-5-16;1-25-19(28)26(16-7-14(21)6-15(22)8-16)18(27)20(25)11-24-10-17(20)13-4-2-12(9-23)3-5-13;1-14(2,3)13-9(12)7-4-5-8(10)11-6-7;7-5-2-1-4(3-8-5)6(9)10;1-8(2,3)7-9(4,5)6;1-2/h5-13,15,24H,16-17H2,1-4H3;2-10,12,21H,13-14H2,1H3,(H,34,35);2-8,17,24H,10-11H2,1H3;4-6H,1-3H3;1-3H,(H,9,10);7H,1-6H3;2H,1H3/t24-,29+;21-,26+;17-,20+;;;;/m000..../s1. The molecule has 6 aliphatic rings. The van der Waals surface area contributed by atoms with E-state index in [4.69, 9.17) is 117 Å². The number of aliphatic hydroxyl groups is 1. The summed E-state index contributed by atoms with van der Waals surface area (Å²) in [7, 11) is -0.0558. The lowest BCUT2D eigenvalue weighted by Gasteiger charge is -2.33. The summed E-state index contributed by atoms with van der Waals surface area (Å²) in [6.07, 6.45) is 5.35. The maximum Gasteiger partial charge on any atom is 0.337 e. The predicted molar refractivity (Wildman–Crippen MR) is 555 cm³/mol. The minimum Gasteiger partial charge on any atom is -0.516 e. The molecule has 9 amide bonds. The number of anilines is 5. The van der Waals surface area contributed by atoms with E-state index >= 15 is 0 Å². The molecule has 0 unspecified atom stereocenters. The number of halogens is 8. The zero-order valence-corrected chi connectivity index (χ0v) is 89.5. The Morgan fingerprint density at radius 2 is 0.674 bits per heavy atom. The second kappa shape index (κ2) is 45.8. The van der Waals surface area contributed by atoms with Crippen LogP contribution in [0, 0.1) is 34.0 Å². The van der Waals surface area contributed by atoms with Crippen LogP contribution in [-0.4, -0.2) is 227 Å². The molecule has 141 heavy (non-hydrogen) atoms. The summed E-state index contributed by atoms with van der Waals surface area (Å²) in [4.78, 5) is 156. The molecule has 16 rings (SSSR count). The second-order valence-corrected chi connectivity index (χ2v) is 59.4. The van der Waals surface area contributed by atoms with E-state index in [1.165, 1.54) is 94.1 Å². The van der Waals surface area contributed by atoms with Gasteiger partial charge in [-0.1, -0.05) is 168 Å². The van der Waals surface area contributed by atoms with Crippen LogP contribution in [0.25, 0.3) is 0 Å². The Balaban J connectivity index is 0.000000187. The van der Waals surface area contributed by atoms with Gasteiger partial charge in [0.25, 0.3) is 17.7 Å². The van der Waals surface area contributed by atoms with Crippen LogP contribution in [0.3, 0.4) is 0 Å². The number of nitrogens with zero attached hydrogens (tertiary/aromatic N) is 15. The number of nitriles is 3. The molecule has 6 atom stereocenters. The molecule has 3 spiro atoms. The normalized spacial score (nSPS) is 19.1. The first-order valence-electron chi connectivity index (χ1n) is 43.5. The number of imide groups is 3. The number of aromatic nitrogens is 4. The molecule has 6 aromatic carbocycles. The van der Waals surface area contributed by atoms with Gasteiger partial charge >= 0.3 is 42.0 Å². The monoisotopic (exact) mass is 2140 g/mol. The Bertz CT molecular complexity index is 6440. The number of likely N-dealkylation sites (N-methyl/N-ethyl adjacent to an activating group) is 3. The van der Waals surface area contributed by atoms with E-state index < -0.39 is 109 Å². The first kappa shape index (κ1) is 111. The average Bonchev–Trinajstić information content (AvgIpc) is 1.55. The number of hydrogen-bond acceptors (Lipinski definition) is 24. The fourth-order valence-corrected chi connectivity index (χ4v) is 29.2. The van der Waals surface area contributed by atoms with Gasteiger partial charge in [0.05, 0.1) is 87.3 Å². The van der Waals surface area contributed by atoms with Crippen LogP contribution < -0.4 is 34.5 Å². The fraction of sp³-hybridized carbons (Fsp3) is 0.289. The van der Waals surface area contributed by atoms with E-state index in [1.54, 1.807) is 118 Å². The van der Waals surface area contributed by atoms with Gasteiger partial charge in [-0.25, -0.2) is 68.2 Å². The van der Waals surface area contributed by atoms with Gasteiger partial charge in [0.15, 0.2) is 0 Å². The van der Waals surface area contributed by atoms with Crippen LogP contribution in [0.15, 0.2) is 201 Å². The lowest BCUT2D eigenvalue weighted by Crippen LogP contribution is -2.55. The molecule has 6 saturated heterocycles. The highest BCUT2D eigenvalue weighted by molar-refractivity contribution is 6.90. The van der Waals surface area contributed by atoms with Crippen molar-refractivity contribution in [1.82, 2.24) is 44.6 Å². The van der Waals surface area contributed by atoms with Gasteiger partial charge in [0.2, 0.25) is 16.6 Å². The van der Waals surface area contributed by atoms with Gasteiger partial charge in [-0.3, -0.25) is 14.4 Å². The molecule has 32 nitrogen and oxygen atoms in total. The molecule has 6 fully saturated rings. The smallest absolute Gasteiger partial charge is 0.337 e. The van der Waals surface area contributed by atoms with Gasteiger partial charge in [-0.05, 0) is 195 Å². The molecular formula is C97H101Cl8N17O15Si4. The van der Waals surface area contributed by atoms with Crippen molar-refractivity contribution in [1.29, 1.82) is 15.8 Å². The molecule has 0 bridgehead atoms. The Labute approximate surface area is 860 Å². The number of hydrogen-bond donors (Lipinski definition) is 5. The number of urea groups is 3. The minimum absolute atomic E-state index is 0.0366. The summed E-state index contributed by atoms with van der Waals surface area (Å²) in [5.74, 6) is -4.22. The van der Waals surface area contributed by atoms with E-state index in [9.17, 15) is 63.6 Å². The quantitative estimate of drug-likeness (QED) is 0.0341. The van der Waals surface area contributed by atoms with Crippen LogP contribution in [0.5, 0.6) is 0 Å². The van der Waals surface area contributed by atoms with Crippen molar-refractivity contribution in [2.45, 2.75) is 113 Å². The zero-order valence-electron chi connectivity index (χ0n) is 79.5. The third-order valence-corrected chi connectivity index (χ3v) is 32.2. The second-order valence-electron chi connectivity index (χ2n) is 37.1. The molecule has 5 N–H and O–H groups in total. The summed E-state index contributed by atoms with van der Waals surface area (Å²) in [6, 6.07) is 52.0. The van der Waals surface area contributed by atoms with Crippen molar-refractivity contribution in [3.8, 4) is 18.2 Å². The molecule has 4 aromatic heterocycles. The lowest BCUT2D eigenvalue weighted by atomic mass is 9.80. The van der Waals surface area contributed by atoms with Crippen molar-refractivity contribution in [2.75, 3.05) is 92.0 Å². The number of carboxylic acids is 2. The predicted octanol–water partition coefficient (Wildman–Crippen LogP) is 19.5. The van der Waals surface area contributed by atoms with Crippen molar-refractivity contribution in [2.24, 2.45) is 0 Å². The van der Waals surface area contributed by atoms with Gasteiger partial charge in [0.1, 0.15) is 55.0 Å². The lowest BCUT2D eigenvalue weighted by molar-refractivity contribution is -0.125. The number of benzene rings is 6. The Hall–Kier alpha value is -12.2. The number of carboxylic acid groups (broad SMARTS) is 2. The first-order valence-corrected chi connectivity index (χ1v) is 60.3. The van der Waals surface area contributed by atoms with Crippen LogP contribution >= 0.6 is 92.8 Å². The van der Waals surface area contributed by atoms with E-state index in [0.29, 0.717) is 102 Å². The van der Waals surface area contributed by atoms with Gasteiger partial charge < -0.3 is 58.6 Å². The summed E-state index contributed by atoms with van der Waals surface area (Å²) in [5, 5.41) is 58.0. The zero-order chi connectivity index (χ0) is 104. The summed E-state index contributed by atoms with van der Waals surface area (Å²) >= 11 is 47.9. The summed E-state index contributed by atoms with van der Waals surface area (Å²) in [6.45, 7) is 27.6. The van der Waals surface area contributed by atoms with E-state index in [-0.39, 0.29) is 63.4 Å². The molecule has 0 radical (unpaired) electrons. The number of amides is 9. The topological polar surface area (TPSA) is 423 Å². The van der Waals surface area contributed by atoms with Crippen molar-refractivity contribution in [3.63, 3.8) is 0 Å². The number of carbonyl (C=O) groups is 10. The van der Waals surface area contributed by atoms with Crippen molar-refractivity contribution < 1.29 is 72.1 Å². The highest BCUT2D eigenvalue weighted by Crippen LogP contribution is 2.51.